The molecule has 3 heteroatoms. The quantitative estimate of drug-likeness (QED) is 0.684. The van der Waals surface area contributed by atoms with Crippen molar-refractivity contribution in [1.29, 1.82) is 0 Å². The van der Waals surface area contributed by atoms with Crippen molar-refractivity contribution in [2.45, 2.75) is 51.6 Å². The fourth-order valence-electron chi connectivity index (χ4n) is 1.43. The Bertz CT molecular complexity index is 199. The summed E-state index contributed by atoms with van der Waals surface area (Å²) in [4.78, 5) is 10.7. The van der Waals surface area contributed by atoms with Gasteiger partial charge in [-0.3, -0.25) is 4.79 Å². The average molecular weight is 185 g/mol. The molecule has 0 amide bonds. The molecule has 0 saturated heterocycles. The molecule has 0 aromatic heterocycles. The standard InChI is InChI=1S/C10H19NO2/c1-7(2)10(3,6-9(12)13)11-8-4-5-8/h7-8,11H,4-6H2,1-3H3,(H,12,13). The van der Waals surface area contributed by atoms with E-state index in [0.717, 1.165) is 0 Å². The van der Waals surface area contributed by atoms with Crippen LogP contribution < -0.4 is 5.32 Å². The van der Waals surface area contributed by atoms with Gasteiger partial charge in [0.05, 0.1) is 6.42 Å². The molecule has 1 fully saturated rings. The van der Waals surface area contributed by atoms with E-state index < -0.39 is 5.97 Å². The number of nitrogens with one attached hydrogen (secondary N) is 1. The molecule has 3 nitrogen and oxygen atoms in total. The third-order valence-corrected chi connectivity index (χ3v) is 2.90. The summed E-state index contributed by atoms with van der Waals surface area (Å²) in [6.45, 7) is 6.14. The van der Waals surface area contributed by atoms with Gasteiger partial charge in [0.25, 0.3) is 0 Å². The first kappa shape index (κ1) is 10.5. The van der Waals surface area contributed by atoms with Crippen LogP contribution in [0.5, 0.6) is 0 Å². The molecule has 2 N–H and O–H groups in total. The zero-order valence-electron chi connectivity index (χ0n) is 8.63. The second kappa shape index (κ2) is 3.66. The van der Waals surface area contributed by atoms with E-state index in [1.165, 1.54) is 12.8 Å². The van der Waals surface area contributed by atoms with Gasteiger partial charge in [-0.2, -0.15) is 0 Å². The monoisotopic (exact) mass is 185 g/mol. The normalized spacial score (nSPS) is 21.5. The van der Waals surface area contributed by atoms with Gasteiger partial charge in [-0.25, -0.2) is 0 Å². The Labute approximate surface area is 79.5 Å². The molecule has 1 rings (SSSR count). The SMILES string of the molecule is CC(C)C(C)(CC(=O)O)NC1CC1. The smallest absolute Gasteiger partial charge is 0.305 e. The second-order valence-electron chi connectivity index (χ2n) is 4.56. The molecule has 1 atom stereocenters. The van der Waals surface area contributed by atoms with Crippen LogP contribution in [0.15, 0.2) is 0 Å². The van der Waals surface area contributed by atoms with Crippen molar-refractivity contribution < 1.29 is 9.90 Å². The largest absolute Gasteiger partial charge is 0.481 e. The highest BCUT2D eigenvalue weighted by Crippen LogP contribution is 2.28. The minimum Gasteiger partial charge on any atom is -0.481 e. The maximum absolute atomic E-state index is 10.7. The summed E-state index contributed by atoms with van der Waals surface area (Å²) in [7, 11) is 0. The number of hydrogen-bond donors (Lipinski definition) is 2. The van der Waals surface area contributed by atoms with Crippen molar-refractivity contribution in [3.8, 4) is 0 Å². The van der Waals surface area contributed by atoms with E-state index in [1.54, 1.807) is 0 Å². The molecule has 0 aliphatic heterocycles. The van der Waals surface area contributed by atoms with E-state index in [4.69, 9.17) is 5.11 Å². The summed E-state index contributed by atoms with van der Waals surface area (Å²) in [6.07, 6.45) is 2.60. The predicted molar refractivity (Wildman–Crippen MR) is 51.7 cm³/mol. The number of aliphatic carboxylic acids is 1. The molecule has 0 aromatic carbocycles. The van der Waals surface area contributed by atoms with Crippen molar-refractivity contribution in [2.75, 3.05) is 0 Å². The molecule has 0 aromatic rings. The Hall–Kier alpha value is -0.570. The number of carboxylic acids is 1. The van der Waals surface area contributed by atoms with Gasteiger partial charge in [0, 0.05) is 11.6 Å². The van der Waals surface area contributed by atoms with Crippen LogP contribution in [0.1, 0.15) is 40.0 Å². The molecular weight excluding hydrogens is 166 g/mol. The van der Waals surface area contributed by atoms with E-state index in [2.05, 4.69) is 19.2 Å². The van der Waals surface area contributed by atoms with Crippen LogP contribution in [0.25, 0.3) is 0 Å². The summed E-state index contributed by atoms with van der Waals surface area (Å²) in [5.74, 6) is -0.367. The van der Waals surface area contributed by atoms with E-state index in [1.807, 2.05) is 6.92 Å². The molecule has 76 valence electrons. The first-order valence-corrected chi connectivity index (χ1v) is 4.93. The predicted octanol–water partition coefficient (Wildman–Crippen LogP) is 1.63. The van der Waals surface area contributed by atoms with Gasteiger partial charge < -0.3 is 10.4 Å². The molecule has 1 aliphatic rings. The lowest BCUT2D eigenvalue weighted by Gasteiger charge is -2.33. The van der Waals surface area contributed by atoms with Crippen LogP contribution in [0, 0.1) is 5.92 Å². The van der Waals surface area contributed by atoms with E-state index >= 15 is 0 Å². The van der Waals surface area contributed by atoms with Crippen molar-refractivity contribution >= 4 is 5.97 Å². The first-order chi connectivity index (χ1) is 5.94. The van der Waals surface area contributed by atoms with Crippen molar-refractivity contribution in [2.24, 2.45) is 5.92 Å². The van der Waals surface area contributed by atoms with Crippen molar-refractivity contribution in [3.05, 3.63) is 0 Å². The Morgan fingerprint density at radius 3 is 2.46 bits per heavy atom. The van der Waals surface area contributed by atoms with E-state index in [0.29, 0.717) is 12.0 Å². The summed E-state index contributed by atoms with van der Waals surface area (Å²) < 4.78 is 0. The molecule has 0 bridgehead atoms. The van der Waals surface area contributed by atoms with E-state index in [-0.39, 0.29) is 12.0 Å². The summed E-state index contributed by atoms with van der Waals surface area (Å²) >= 11 is 0. The van der Waals surface area contributed by atoms with Crippen LogP contribution in [0.2, 0.25) is 0 Å². The minimum atomic E-state index is -0.718. The fourth-order valence-corrected chi connectivity index (χ4v) is 1.43. The highest BCUT2D eigenvalue weighted by atomic mass is 16.4. The fraction of sp³-hybridized carbons (Fsp3) is 0.900. The topological polar surface area (TPSA) is 49.3 Å². The molecule has 1 aliphatic carbocycles. The maximum Gasteiger partial charge on any atom is 0.305 e. The first-order valence-electron chi connectivity index (χ1n) is 4.93. The second-order valence-corrected chi connectivity index (χ2v) is 4.56. The number of rotatable bonds is 5. The number of carbonyl (C=O) groups is 1. The van der Waals surface area contributed by atoms with Gasteiger partial charge in [-0.15, -0.1) is 0 Å². The van der Waals surface area contributed by atoms with Crippen molar-refractivity contribution in [3.63, 3.8) is 0 Å². The summed E-state index contributed by atoms with van der Waals surface area (Å²) in [5, 5.41) is 12.2. The third-order valence-electron chi connectivity index (χ3n) is 2.90. The molecule has 1 saturated carbocycles. The Morgan fingerprint density at radius 2 is 2.15 bits per heavy atom. The highest BCUT2D eigenvalue weighted by Gasteiger charge is 2.36. The van der Waals surface area contributed by atoms with Gasteiger partial charge in [0.15, 0.2) is 0 Å². The van der Waals surface area contributed by atoms with Gasteiger partial charge in [-0.05, 0) is 25.7 Å². The van der Waals surface area contributed by atoms with Gasteiger partial charge >= 0.3 is 5.97 Å². The van der Waals surface area contributed by atoms with Crippen molar-refractivity contribution in [1.82, 2.24) is 5.32 Å². The van der Waals surface area contributed by atoms with Crippen LogP contribution in [-0.4, -0.2) is 22.7 Å². The molecule has 0 heterocycles. The third kappa shape index (κ3) is 2.99. The highest BCUT2D eigenvalue weighted by molar-refractivity contribution is 5.68. The molecule has 13 heavy (non-hydrogen) atoms. The number of carboxylic acid groups (broad SMARTS) is 1. The van der Waals surface area contributed by atoms with Gasteiger partial charge in [0.2, 0.25) is 0 Å². The Balaban J connectivity index is 2.54. The lowest BCUT2D eigenvalue weighted by atomic mass is 9.85. The molecule has 1 unspecified atom stereocenters. The summed E-state index contributed by atoms with van der Waals surface area (Å²) in [6, 6.07) is 0.562. The maximum atomic E-state index is 10.7. The van der Waals surface area contributed by atoms with Gasteiger partial charge in [-0.1, -0.05) is 13.8 Å². The molecular formula is C10H19NO2. The molecule has 0 spiro atoms. The Morgan fingerprint density at radius 1 is 1.62 bits per heavy atom. The van der Waals surface area contributed by atoms with Crippen LogP contribution in [0.4, 0.5) is 0 Å². The summed E-state index contributed by atoms with van der Waals surface area (Å²) in [5.41, 5.74) is -0.243. The zero-order valence-corrected chi connectivity index (χ0v) is 8.63. The molecule has 0 radical (unpaired) electrons. The number of hydrogen-bond acceptors (Lipinski definition) is 2. The lowest BCUT2D eigenvalue weighted by Crippen LogP contribution is -2.49. The van der Waals surface area contributed by atoms with Crippen LogP contribution >= 0.6 is 0 Å². The van der Waals surface area contributed by atoms with Crippen LogP contribution in [0.3, 0.4) is 0 Å². The van der Waals surface area contributed by atoms with Gasteiger partial charge in [0.1, 0.15) is 0 Å². The zero-order chi connectivity index (χ0) is 10.1. The van der Waals surface area contributed by atoms with Crippen LogP contribution in [-0.2, 0) is 4.79 Å². The van der Waals surface area contributed by atoms with E-state index in [9.17, 15) is 4.79 Å². The minimum absolute atomic E-state index is 0.209. The Kier molecular flexibility index (Phi) is 2.96. The average Bonchev–Trinajstić information content (AvgIpc) is 2.69. The lowest BCUT2D eigenvalue weighted by molar-refractivity contribution is -0.139.